The molecule has 0 aliphatic carbocycles. The van der Waals surface area contributed by atoms with Gasteiger partial charge in [0.05, 0.1) is 7.11 Å². The molecule has 1 atom stereocenters. The largest absolute Gasteiger partial charge is 0.493 e. The van der Waals surface area contributed by atoms with Crippen molar-refractivity contribution in [3.05, 3.63) is 59.4 Å². The normalized spacial score (nSPS) is 16.4. The van der Waals surface area contributed by atoms with E-state index in [4.69, 9.17) is 9.47 Å². The number of aliphatic hydroxyl groups excluding tert-OH is 1. The van der Waals surface area contributed by atoms with Crippen LogP contribution < -0.4 is 14.8 Å². The summed E-state index contributed by atoms with van der Waals surface area (Å²) in [4.78, 5) is 2.34. The van der Waals surface area contributed by atoms with Gasteiger partial charge in [0.15, 0.2) is 11.5 Å². The highest BCUT2D eigenvalue weighted by molar-refractivity contribution is 5.43. The molecule has 1 aliphatic rings. The lowest BCUT2D eigenvalue weighted by Gasteiger charge is -2.26. The number of nitrogens with one attached hydrogen (secondary N) is 1. The molecule has 0 saturated carbocycles. The SMILES string of the molecule is COc1ccc(CNCc2cccc(F)c2)cc1OCC(O)CN1CCCCCCC1. The van der Waals surface area contributed by atoms with Crippen LogP contribution in [0.4, 0.5) is 4.39 Å². The zero-order chi connectivity index (χ0) is 21.9. The van der Waals surface area contributed by atoms with Crippen LogP contribution in [0.2, 0.25) is 0 Å². The van der Waals surface area contributed by atoms with E-state index in [1.807, 2.05) is 24.3 Å². The summed E-state index contributed by atoms with van der Waals surface area (Å²) in [7, 11) is 1.61. The molecule has 1 unspecified atom stereocenters. The predicted molar refractivity (Wildman–Crippen MR) is 121 cm³/mol. The smallest absolute Gasteiger partial charge is 0.161 e. The van der Waals surface area contributed by atoms with E-state index in [-0.39, 0.29) is 12.4 Å². The van der Waals surface area contributed by atoms with Gasteiger partial charge in [-0.25, -0.2) is 4.39 Å². The Bertz CT molecular complexity index is 794. The summed E-state index contributed by atoms with van der Waals surface area (Å²) < 4.78 is 24.7. The minimum atomic E-state index is -0.543. The number of methoxy groups -OCH3 is 1. The maximum absolute atomic E-state index is 13.3. The molecular formula is C25H35FN2O3. The van der Waals surface area contributed by atoms with E-state index >= 15 is 0 Å². The summed E-state index contributed by atoms with van der Waals surface area (Å²) in [5.41, 5.74) is 1.93. The average molecular weight is 431 g/mol. The molecule has 0 spiro atoms. The molecule has 1 saturated heterocycles. The summed E-state index contributed by atoms with van der Waals surface area (Å²) in [5, 5.41) is 13.8. The monoisotopic (exact) mass is 430 g/mol. The quantitative estimate of drug-likeness (QED) is 0.594. The summed E-state index contributed by atoms with van der Waals surface area (Å²) in [6.07, 6.45) is 5.74. The highest BCUT2D eigenvalue weighted by Gasteiger charge is 2.15. The Kier molecular flexibility index (Phi) is 9.59. The Hall–Kier alpha value is -2.15. The summed E-state index contributed by atoms with van der Waals surface area (Å²) in [5.74, 6) is 1.04. The third-order valence-electron chi connectivity index (χ3n) is 5.62. The van der Waals surface area contributed by atoms with Crippen LogP contribution in [-0.4, -0.2) is 49.5 Å². The fourth-order valence-corrected chi connectivity index (χ4v) is 3.97. The predicted octanol–water partition coefficient (Wildman–Crippen LogP) is 4.13. The standard InChI is InChI=1S/C25H35FN2O3/c1-30-24-11-10-21(17-27-16-20-8-7-9-22(26)14-20)15-25(24)31-19-23(29)18-28-12-5-3-2-4-6-13-28/h7-11,14-15,23,27,29H,2-6,12-13,16-19H2,1H3. The molecule has 1 heterocycles. The third-order valence-corrected chi connectivity index (χ3v) is 5.62. The van der Waals surface area contributed by atoms with E-state index in [0.717, 1.165) is 24.2 Å². The molecule has 170 valence electrons. The van der Waals surface area contributed by atoms with Gasteiger partial charge in [-0.3, -0.25) is 0 Å². The van der Waals surface area contributed by atoms with Crippen molar-refractivity contribution in [2.45, 2.75) is 51.3 Å². The van der Waals surface area contributed by atoms with Gasteiger partial charge in [0.25, 0.3) is 0 Å². The van der Waals surface area contributed by atoms with Gasteiger partial charge < -0.3 is 24.8 Å². The number of nitrogens with zero attached hydrogens (tertiary/aromatic N) is 1. The van der Waals surface area contributed by atoms with Crippen LogP contribution in [0.25, 0.3) is 0 Å². The van der Waals surface area contributed by atoms with Crippen molar-refractivity contribution >= 4 is 0 Å². The lowest BCUT2D eigenvalue weighted by atomic mass is 10.1. The molecule has 3 rings (SSSR count). The maximum atomic E-state index is 13.3. The van der Waals surface area contributed by atoms with Crippen LogP contribution >= 0.6 is 0 Å². The van der Waals surface area contributed by atoms with E-state index in [0.29, 0.717) is 31.1 Å². The summed E-state index contributed by atoms with van der Waals surface area (Å²) in [6, 6.07) is 12.4. The van der Waals surface area contributed by atoms with Crippen LogP contribution in [0.5, 0.6) is 11.5 Å². The number of likely N-dealkylation sites (tertiary alicyclic amines) is 1. The van der Waals surface area contributed by atoms with Gasteiger partial charge in [0.2, 0.25) is 0 Å². The van der Waals surface area contributed by atoms with Crippen LogP contribution in [0.15, 0.2) is 42.5 Å². The van der Waals surface area contributed by atoms with Crippen molar-refractivity contribution in [2.24, 2.45) is 0 Å². The zero-order valence-corrected chi connectivity index (χ0v) is 18.5. The second kappa shape index (κ2) is 12.6. The zero-order valence-electron chi connectivity index (χ0n) is 18.5. The Morgan fingerprint density at radius 2 is 1.68 bits per heavy atom. The number of rotatable bonds is 10. The first-order chi connectivity index (χ1) is 15.1. The van der Waals surface area contributed by atoms with Crippen molar-refractivity contribution in [2.75, 3.05) is 33.4 Å². The van der Waals surface area contributed by atoms with Gasteiger partial charge in [-0.2, -0.15) is 0 Å². The van der Waals surface area contributed by atoms with Crippen molar-refractivity contribution in [3.63, 3.8) is 0 Å². The first-order valence-corrected chi connectivity index (χ1v) is 11.3. The number of hydrogen-bond donors (Lipinski definition) is 2. The van der Waals surface area contributed by atoms with E-state index in [2.05, 4.69) is 10.2 Å². The lowest BCUT2D eigenvalue weighted by molar-refractivity contribution is 0.0644. The molecule has 5 nitrogen and oxygen atoms in total. The minimum Gasteiger partial charge on any atom is -0.493 e. The number of aliphatic hydroxyl groups is 1. The maximum Gasteiger partial charge on any atom is 0.161 e. The van der Waals surface area contributed by atoms with Crippen molar-refractivity contribution in [3.8, 4) is 11.5 Å². The number of halogens is 1. The van der Waals surface area contributed by atoms with E-state index < -0.39 is 6.10 Å². The number of benzene rings is 2. The fraction of sp³-hybridized carbons (Fsp3) is 0.520. The van der Waals surface area contributed by atoms with Gasteiger partial charge in [-0.15, -0.1) is 0 Å². The topological polar surface area (TPSA) is 54.0 Å². The second-order valence-corrected chi connectivity index (χ2v) is 8.25. The summed E-state index contributed by atoms with van der Waals surface area (Å²) >= 11 is 0. The van der Waals surface area contributed by atoms with Crippen LogP contribution in [0.1, 0.15) is 43.2 Å². The molecule has 6 heteroatoms. The Morgan fingerprint density at radius 1 is 0.968 bits per heavy atom. The van der Waals surface area contributed by atoms with Crippen LogP contribution in [-0.2, 0) is 13.1 Å². The van der Waals surface area contributed by atoms with Gasteiger partial charge in [-0.1, -0.05) is 37.5 Å². The Morgan fingerprint density at radius 3 is 2.39 bits per heavy atom. The molecule has 0 aromatic heterocycles. The summed E-state index contributed by atoms with van der Waals surface area (Å²) in [6.45, 7) is 4.16. The van der Waals surface area contributed by atoms with Crippen molar-refractivity contribution in [1.82, 2.24) is 10.2 Å². The minimum absolute atomic E-state index is 0.228. The average Bonchev–Trinajstić information content (AvgIpc) is 2.74. The number of ether oxygens (including phenoxy) is 2. The van der Waals surface area contributed by atoms with E-state index in [1.165, 1.54) is 44.2 Å². The molecular weight excluding hydrogens is 395 g/mol. The Labute approximate surface area is 185 Å². The molecule has 0 radical (unpaired) electrons. The van der Waals surface area contributed by atoms with E-state index in [9.17, 15) is 9.50 Å². The second-order valence-electron chi connectivity index (χ2n) is 8.25. The molecule has 2 N–H and O–H groups in total. The highest BCUT2D eigenvalue weighted by atomic mass is 19.1. The molecule has 0 amide bonds. The third kappa shape index (κ3) is 8.13. The van der Waals surface area contributed by atoms with Crippen molar-refractivity contribution < 1.29 is 19.0 Å². The molecule has 2 aromatic rings. The van der Waals surface area contributed by atoms with Crippen LogP contribution in [0.3, 0.4) is 0 Å². The molecule has 31 heavy (non-hydrogen) atoms. The molecule has 1 aliphatic heterocycles. The molecule has 2 aromatic carbocycles. The molecule has 0 bridgehead atoms. The first-order valence-electron chi connectivity index (χ1n) is 11.3. The lowest BCUT2D eigenvalue weighted by Crippen LogP contribution is -2.37. The number of β-amino-alcohol motifs (C(OH)–C–C–N with tert-alkyl or cyclic N) is 1. The van der Waals surface area contributed by atoms with Gasteiger partial charge >= 0.3 is 0 Å². The van der Waals surface area contributed by atoms with E-state index in [1.54, 1.807) is 13.2 Å². The molecule has 1 fully saturated rings. The van der Waals surface area contributed by atoms with Gasteiger partial charge in [0.1, 0.15) is 18.5 Å². The van der Waals surface area contributed by atoms with Gasteiger partial charge in [0, 0.05) is 19.6 Å². The Balaban J connectivity index is 1.49. The highest BCUT2D eigenvalue weighted by Crippen LogP contribution is 2.28. The van der Waals surface area contributed by atoms with Gasteiger partial charge in [-0.05, 0) is 61.3 Å². The van der Waals surface area contributed by atoms with Crippen LogP contribution in [0, 0.1) is 5.82 Å². The van der Waals surface area contributed by atoms with Crippen molar-refractivity contribution in [1.29, 1.82) is 0 Å². The fourth-order valence-electron chi connectivity index (χ4n) is 3.97. The number of hydrogen-bond acceptors (Lipinski definition) is 5. The first kappa shape index (κ1) is 23.5.